The van der Waals surface area contributed by atoms with Crippen LogP contribution in [0.15, 0.2) is 42.5 Å². The monoisotopic (exact) mass is 368 g/mol. The minimum absolute atomic E-state index is 0.0211. The molecule has 3 rings (SSSR count). The van der Waals surface area contributed by atoms with Crippen molar-refractivity contribution in [3.8, 4) is 0 Å². The fourth-order valence-corrected chi connectivity index (χ4v) is 5.31. The summed E-state index contributed by atoms with van der Waals surface area (Å²) < 4.78 is 50.9. The SMILES string of the molecule is CNCCC[C@H]1Cc2ccccc2N(c2ccc(F)cc2F)S1(O)O. The van der Waals surface area contributed by atoms with Gasteiger partial charge in [0, 0.05) is 6.07 Å². The summed E-state index contributed by atoms with van der Waals surface area (Å²) in [6, 6.07) is 10.4. The first-order chi connectivity index (χ1) is 11.9. The van der Waals surface area contributed by atoms with E-state index in [1.54, 1.807) is 12.1 Å². The average molecular weight is 368 g/mol. The zero-order valence-electron chi connectivity index (χ0n) is 14.0. The molecule has 4 nitrogen and oxygen atoms in total. The number of benzene rings is 2. The second kappa shape index (κ2) is 7.29. The van der Waals surface area contributed by atoms with Crippen LogP contribution >= 0.6 is 10.8 Å². The van der Waals surface area contributed by atoms with Gasteiger partial charge in [-0.25, -0.2) is 13.1 Å². The number of halogens is 2. The predicted octanol–water partition coefficient (Wildman–Crippen LogP) is 4.69. The number of anilines is 2. The van der Waals surface area contributed by atoms with Gasteiger partial charge in [0.15, 0.2) is 5.82 Å². The third kappa shape index (κ3) is 3.50. The molecule has 1 heterocycles. The van der Waals surface area contributed by atoms with Crippen LogP contribution < -0.4 is 9.62 Å². The van der Waals surface area contributed by atoms with E-state index in [-0.39, 0.29) is 5.69 Å². The molecule has 0 saturated carbocycles. The Hall–Kier alpha value is -1.67. The van der Waals surface area contributed by atoms with E-state index in [2.05, 4.69) is 5.32 Å². The van der Waals surface area contributed by atoms with Crippen molar-refractivity contribution in [2.24, 2.45) is 0 Å². The number of fused-ring (bicyclic) bond motifs is 1. The predicted molar refractivity (Wildman–Crippen MR) is 98.4 cm³/mol. The zero-order valence-corrected chi connectivity index (χ0v) is 14.8. The Morgan fingerprint density at radius 1 is 1.16 bits per heavy atom. The maximum atomic E-state index is 14.4. The summed E-state index contributed by atoms with van der Waals surface area (Å²) in [5, 5.41) is 2.63. The van der Waals surface area contributed by atoms with E-state index in [1.165, 1.54) is 10.4 Å². The lowest BCUT2D eigenvalue weighted by molar-refractivity contribution is 0.453. The number of hydrogen-bond donors (Lipinski definition) is 3. The molecule has 2 aromatic carbocycles. The molecule has 3 N–H and O–H groups in total. The molecule has 0 spiro atoms. The van der Waals surface area contributed by atoms with Crippen molar-refractivity contribution in [2.75, 3.05) is 17.9 Å². The van der Waals surface area contributed by atoms with Gasteiger partial charge in [-0.1, -0.05) is 18.2 Å². The fraction of sp³-hybridized carbons (Fsp3) is 0.333. The standard InChI is InChI=1S/C18H22F2N2O2S/c1-21-10-4-6-15-11-13-5-2-3-7-17(13)22(25(15,23)24)18-9-8-14(19)12-16(18)20/h2-3,5,7-9,12,15,21,23-24H,4,6,10-11H2,1H3/t15-/m0/s1. The minimum atomic E-state index is -3.30. The quantitative estimate of drug-likeness (QED) is 0.670. The maximum Gasteiger partial charge on any atom is 0.151 e. The molecular formula is C18H22F2N2O2S. The van der Waals surface area contributed by atoms with Crippen LogP contribution in [0.25, 0.3) is 0 Å². The van der Waals surface area contributed by atoms with Crippen molar-refractivity contribution < 1.29 is 17.9 Å². The molecule has 0 amide bonds. The van der Waals surface area contributed by atoms with Gasteiger partial charge >= 0.3 is 0 Å². The molecule has 2 aromatic rings. The molecule has 1 atom stereocenters. The van der Waals surface area contributed by atoms with Crippen LogP contribution in [0.3, 0.4) is 0 Å². The molecule has 1 aliphatic rings. The third-order valence-electron chi connectivity index (χ3n) is 4.46. The summed E-state index contributed by atoms with van der Waals surface area (Å²) in [6.07, 6.45) is 1.89. The molecular weight excluding hydrogens is 346 g/mol. The minimum Gasteiger partial charge on any atom is -0.320 e. The molecule has 25 heavy (non-hydrogen) atoms. The fourth-order valence-electron chi connectivity index (χ4n) is 3.22. The van der Waals surface area contributed by atoms with Crippen LogP contribution in [-0.4, -0.2) is 27.9 Å². The number of hydrogen-bond acceptors (Lipinski definition) is 4. The van der Waals surface area contributed by atoms with Gasteiger partial charge in [0.25, 0.3) is 0 Å². The summed E-state index contributed by atoms with van der Waals surface area (Å²) in [6.45, 7) is 0.762. The Bertz CT molecular complexity index is 758. The Kier molecular flexibility index (Phi) is 5.29. The van der Waals surface area contributed by atoms with Gasteiger partial charge in [-0.2, -0.15) is 0 Å². The highest BCUT2D eigenvalue weighted by atomic mass is 32.3. The normalized spacial score (nSPS) is 20.2. The van der Waals surface area contributed by atoms with Crippen molar-refractivity contribution in [1.29, 1.82) is 0 Å². The second-order valence-corrected chi connectivity index (χ2v) is 8.31. The smallest absolute Gasteiger partial charge is 0.151 e. The summed E-state index contributed by atoms with van der Waals surface area (Å²) >= 11 is 0. The molecule has 0 unspecified atom stereocenters. The zero-order chi connectivity index (χ0) is 18.0. The lowest BCUT2D eigenvalue weighted by Gasteiger charge is -2.53. The molecule has 1 aliphatic heterocycles. The number of nitrogens with zero attached hydrogens (tertiary/aromatic N) is 1. The Morgan fingerprint density at radius 2 is 1.92 bits per heavy atom. The molecule has 0 radical (unpaired) electrons. The van der Waals surface area contributed by atoms with Gasteiger partial charge in [-0.3, -0.25) is 9.11 Å². The second-order valence-electron chi connectivity index (χ2n) is 6.15. The van der Waals surface area contributed by atoms with Crippen LogP contribution in [0.2, 0.25) is 0 Å². The Morgan fingerprint density at radius 3 is 2.64 bits per heavy atom. The lowest BCUT2D eigenvalue weighted by atomic mass is 10.0. The Balaban J connectivity index is 2.06. The number of rotatable bonds is 5. The first-order valence-corrected chi connectivity index (χ1v) is 9.76. The first-order valence-electron chi connectivity index (χ1n) is 8.20. The van der Waals surface area contributed by atoms with Gasteiger partial charge in [-0.15, -0.1) is 10.8 Å². The first kappa shape index (κ1) is 18.1. The van der Waals surface area contributed by atoms with Gasteiger partial charge < -0.3 is 5.32 Å². The molecule has 0 aromatic heterocycles. The van der Waals surface area contributed by atoms with Crippen molar-refractivity contribution in [3.05, 3.63) is 59.7 Å². The van der Waals surface area contributed by atoms with E-state index in [0.29, 0.717) is 18.5 Å². The van der Waals surface area contributed by atoms with Gasteiger partial charge in [-0.05, 0) is 56.6 Å². The van der Waals surface area contributed by atoms with E-state index in [4.69, 9.17) is 0 Å². The van der Waals surface area contributed by atoms with Crippen LogP contribution in [0, 0.1) is 11.6 Å². The van der Waals surface area contributed by atoms with Gasteiger partial charge in [0.2, 0.25) is 0 Å². The van der Waals surface area contributed by atoms with E-state index in [9.17, 15) is 17.9 Å². The maximum absolute atomic E-state index is 14.4. The highest BCUT2D eigenvalue weighted by Crippen LogP contribution is 2.60. The van der Waals surface area contributed by atoms with Crippen LogP contribution in [0.1, 0.15) is 18.4 Å². The molecule has 0 saturated heterocycles. The third-order valence-corrected chi connectivity index (χ3v) is 6.68. The highest BCUT2D eigenvalue weighted by molar-refractivity contribution is 8.26. The molecule has 0 bridgehead atoms. The van der Waals surface area contributed by atoms with E-state index in [0.717, 1.165) is 30.7 Å². The van der Waals surface area contributed by atoms with E-state index in [1.807, 2.05) is 19.2 Å². The van der Waals surface area contributed by atoms with Crippen LogP contribution in [-0.2, 0) is 6.42 Å². The number of nitrogens with one attached hydrogen (secondary N) is 1. The van der Waals surface area contributed by atoms with Crippen molar-refractivity contribution in [1.82, 2.24) is 5.32 Å². The van der Waals surface area contributed by atoms with Crippen LogP contribution in [0.4, 0.5) is 20.2 Å². The van der Waals surface area contributed by atoms with Crippen molar-refractivity contribution in [2.45, 2.75) is 24.5 Å². The topological polar surface area (TPSA) is 55.7 Å². The summed E-state index contributed by atoms with van der Waals surface area (Å²) in [7, 11) is -1.46. The van der Waals surface area contributed by atoms with Gasteiger partial charge in [0.1, 0.15) is 5.82 Å². The highest BCUT2D eigenvalue weighted by Gasteiger charge is 2.40. The molecule has 0 fully saturated rings. The average Bonchev–Trinajstić information content (AvgIpc) is 2.57. The summed E-state index contributed by atoms with van der Waals surface area (Å²) in [4.78, 5) is 0. The summed E-state index contributed by atoms with van der Waals surface area (Å²) in [5.74, 6) is -1.51. The largest absolute Gasteiger partial charge is 0.320 e. The molecule has 7 heteroatoms. The molecule has 0 aliphatic carbocycles. The Labute approximate surface area is 148 Å². The van der Waals surface area contributed by atoms with Crippen molar-refractivity contribution in [3.63, 3.8) is 0 Å². The van der Waals surface area contributed by atoms with E-state index >= 15 is 0 Å². The lowest BCUT2D eigenvalue weighted by Crippen LogP contribution is -2.38. The van der Waals surface area contributed by atoms with Gasteiger partial charge in [0.05, 0.1) is 16.6 Å². The summed E-state index contributed by atoms with van der Waals surface area (Å²) in [5.41, 5.74) is 1.46. The number of para-hydroxylation sites is 1. The van der Waals surface area contributed by atoms with E-state index < -0.39 is 27.7 Å². The van der Waals surface area contributed by atoms with Crippen LogP contribution in [0.5, 0.6) is 0 Å². The molecule has 136 valence electrons. The van der Waals surface area contributed by atoms with Crippen molar-refractivity contribution >= 4 is 22.2 Å².